The van der Waals surface area contributed by atoms with E-state index < -0.39 is 12.1 Å². The normalized spacial score (nSPS) is 11.6. The Morgan fingerprint density at radius 3 is 2.43 bits per heavy atom. The predicted octanol–water partition coefficient (Wildman–Crippen LogP) is 2.97. The van der Waals surface area contributed by atoms with Gasteiger partial charge in [-0.15, -0.1) is 0 Å². The molecule has 23 heavy (non-hydrogen) atoms. The van der Waals surface area contributed by atoms with Crippen LogP contribution >= 0.6 is 0 Å². The van der Waals surface area contributed by atoms with Crippen LogP contribution < -0.4 is 5.56 Å². The first-order chi connectivity index (χ1) is 10.9. The van der Waals surface area contributed by atoms with Crippen LogP contribution in [0.5, 0.6) is 0 Å². The van der Waals surface area contributed by atoms with E-state index in [1.54, 1.807) is 42.6 Å². The molecular formula is C15H10F3N3O2. The predicted molar refractivity (Wildman–Crippen MR) is 74.5 cm³/mol. The summed E-state index contributed by atoms with van der Waals surface area (Å²) in [5.74, 6) is -1.52. The van der Waals surface area contributed by atoms with Crippen molar-refractivity contribution in [3.63, 3.8) is 0 Å². The standard InChI is InChI=1S/C15H10F3N3O2/c16-15(17,18)14-19-13(20-23-14)11-6-4-10(5-7-11)9-21-8-2-1-3-12(21)22/h1-8H,9H2. The van der Waals surface area contributed by atoms with Gasteiger partial charge < -0.3 is 9.09 Å². The summed E-state index contributed by atoms with van der Waals surface area (Å²) in [6.45, 7) is 0.361. The Labute approximate surface area is 128 Å². The summed E-state index contributed by atoms with van der Waals surface area (Å²) >= 11 is 0. The maximum atomic E-state index is 12.4. The average Bonchev–Trinajstić information content (AvgIpc) is 3.00. The Balaban J connectivity index is 1.81. The van der Waals surface area contributed by atoms with Crippen molar-refractivity contribution in [2.45, 2.75) is 12.7 Å². The van der Waals surface area contributed by atoms with Crippen LogP contribution in [-0.4, -0.2) is 14.7 Å². The van der Waals surface area contributed by atoms with E-state index in [0.29, 0.717) is 12.1 Å². The first kappa shape index (κ1) is 15.0. The van der Waals surface area contributed by atoms with E-state index in [4.69, 9.17) is 0 Å². The molecule has 8 heteroatoms. The van der Waals surface area contributed by atoms with Gasteiger partial charge in [-0.2, -0.15) is 18.2 Å². The lowest BCUT2D eigenvalue weighted by Gasteiger charge is -2.05. The highest BCUT2D eigenvalue weighted by Gasteiger charge is 2.38. The van der Waals surface area contributed by atoms with E-state index in [2.05, 4.69) is 14.7 Å². The smallest absolute Gasteiger partial charge is 0.329 e. The van der Waals surface area contributed by atoms with E-state index >= 15 is 0 Å². The molecule has 2 aromatic heterocycles. The molecule has 1 aromatic carbocycles. The van der Waals surface area contributed by atoms with Crippen molar-refractivity contribution in [3.8, 4) is 11.4 Å². The lowest BCUT2D eigenvalue weighted by Crippen LogP contribution is -2.18. The van der Waals surface area contributed by atoms with Crippen molar-refractivity contribution in [3.05, 3.63) is 70.5 Å². The van der Waals surface area contributed by atoms with Gasteiger partial charge in [0.05, 0.1) is 6.54 Å². The fourth-order valence-corrected chi connectivity index (χ4v) is 2.00. The van der Waals surface area contributed by atoms with Crippen LogP contribution in [0.25, 0.3) is 11.4 Å². The molecule has 2 heterocycles. The Hall–Kier alpha value is -2.90. The van der Waals surface area contributed by atoms with Gasteiger partial charge in [-0.3, -0.25) is 4.79 Å². The third kappa shape index (κ3) is 3.31. The first-order valence-corrected chi connectivity index (χ1v) is 6.59. The second-order valence-electron chi connectivity index (χ2n) is 4.78. The van der Waals surface area contributed by atoms with Crippen LogP contribution in [0, 0.1) is 0 Å². The number of aromatic nitrogens is 3. The van der Waals surface area contributed by atoms with Crippen molar-refractivity contribution in [1.82, 2.24) is 14.7 Å². The van der Waals surface area contributed by atoms with Gasteiger partial charge >= 0.3 is 12.1 Å². The Morgan fingerprint density at radius 1 is 1.09 bits per heavy atom. The lowest BCUT2D eigenvalue weighted by atomic mass is 10.1. The Kier molecular flexibility index (Phi) is 3.73. The molecule has 3 aromatic rings. The van der Waals surface area contributed by atoms with Gasteiger partial charge in [-0.25, -0.2) is 0 Å². The minimum atomic E-state index is -4.67. The van der Waals surface area contributed by atoms with E-state index in [9.17, 15) is 18.0 Å². The van der Waals surface area contributed by atoms with Gasteiger partial charge in [0, 0.05) is 17.8 Å². The van der Waals surface area contributed by atoms with Gasteiger partial charge in [-0.05, 0) is 11.6 Å². The topological polar surface area (TPSA) is 60.9 Å². The number of rotatable bonds is 3. The maximum Gasteiger partial charge on any atom is 0.471 e. The summed E-state index contributed by atoms with van der Waals surface area (Å²) in [6, 6.07) is 11.4. The molecule has 118 valence electrons. The van der Waals surface area contributed by atoms with Crippen molar-refractivity contribution in [2.24, 2.45) is 0 Å². The maximum absolute atomic E-state index is 12.4. The molecule has 0 atom stereocenters. The number of benzene rings is 1. The third-order valence-corrected chi connectivity index (χ3v) is 3.13. The van der Waals surface area contributed by atoms with E-state index in [1.165, 1.54) is 10.6 Å². The highest BCUT2D eigenvalue weighted by atomic mass is 19.4. The van der Waals surface area contributed by atoms with Crippen molar-refractivity contribution in [1.29, 1.82) is 0 Å². The van der Waals surface area contributed by atoms with Crippen molar-refractivity contribution in [2.75, 3.05) is 0 Å². The summed E-state index contributed by atoms with van der Waals surface area (Å²) in [7, 11) is 0. The van der Waals surface area contributed by atoms with Crippen LogP contribution in [-0.2, 0) is 12.7 Å². The fourth-order valence-electron chi connectivity index (χ4n) is 2.00. The minimum Gasteiger partial charge on any atom is -0.329 e. The van der Waals surface area contributed by atoms with Crippen LogP contribution in [0.15, 0.2) is 58.0 Å². The molecule has 5 nitrogen and oxygen atoms in total. The molecule has 0 aliphatic heterocycles. The van der Waals surface area contributed by atoms with Crippen molar-refractivity contribution >= 4 is 0 Å². The molecular weight excluding hydrogens is 311 g/mol. The zero-order valence-electron chi connectivity index (χ0n) is 11.6. The first-order valence-electron chi connectivity index (χ1n) is 6.59. The monoisotopic (exact) mass is 321 g/mol. The van der Waals surface area contributed by atoms with E-state index in [0.717, 1.165) is 5.56 Å². The second kappa shape index (κ2) is 5.71. The Morgan fingerprint density at radius 2 is 1.83 bits per heavy atom. The SMILES string of the molecule is O=c1ccccn1Cc1ccc(-c2noc(C(F)(F)F)n2)cc1. The van der Waals surface area contributed by atoms with Crippen LogP contribution in [0.3, 0.4) is 0 Å². The van der Waals surface area contributed by atoms with Gasteiger partial charge in [0.15, 0.2) is 0 Å². The number of pyridine rings is 1. The minimum absolute atomic E-state index is 0.135. The highest BCUT2D eigenvalue weighted by Crippen LogP contribution is 2.29. The van der Waals surface area contributed by atoms with Crippen LogP contribution in [0.2, 0.25) is 0 Å². The molecule has 0 radical (unpaired) electrons. The van der Waals surface area contributed by atoms with E-state index in [-0.39, 0.29) is 11.4 Å². The summed E-state index contributed by atoms with van der Waals surface area (Å²) in [5, 5.41) is 3.32. The Bertz CT molecular complexity index is 866. The molecule has 0 bridgehead atoms. The third-order valence-electron chi connectivity index (χ3n) is 3.13. The second-order valence-corrected chi connectivity index (χ2v) is 4.78. The number of alkyl halides is 3. The molecule has 3 rings (SSSR count). The molecule has 0 fully saturated rings. The molecule has 0 saturated heterocycles. The van der Waals surface area contributed by atoms with Gasteiger partial charge in [0.25, 0.3) is 5.56 Å². The zero-order chi connectivity index (χ0) is 16.4. The molecule has 0 aliphatic carbocycles. The molecule has 0 N–H and O–H groups in total. The lowest BCUT2D eigenvalue weighted by molar-refractivity contribution is -0.159. The average molecular weight is 321 g/mol. The summed E-state index contributed by atoms with van der Waals surface area (Å²) in [6.07, 6.45) is -3.01. The highest BCUT2D eigenvalue weighted by molar-refractivity contribution is 5.54. The van der Waals surface area contributed by atoms with Crippen LogP contribution in [0.1, 0.15) is 11.5 Å². The number of hydrogen-bond acceptors (Lipinski definition) is 4. The zero-order valence-corrected chi connectivity index (χ0v) is 11.6. The molecule has 0 unspecified atom stereocenters. The molecule has 0 saturated carbocycles. The summed E-state index contributed by atoms with van der Waals surface area (Å²) < 4.78 is 43.0. The van der Waals surface area contributed by atoms with Crippen molar-refractivity contribution < 1.29 is 17.7 Å². The number of hydrogen-bond donors (Lipinski definition) is 0. The summed E-state index contributed by atoms with van der Waals surface area (Å²) in [5.41, 5.74) is 1.08. The van der Waals surface area contributed by atoms with E-state index in [1.807, 2.05) is 0 Å². The number of halogens is 3. The van der Waals surface area contributed by atoms with Crippen LogP contribution in [0.4, 0.5) is 13.2 Å². The molecule has 0 spiro atoms. The largest absolute Gasteiger partial charge is 0.471 e. The number of nitrogens with zero attached hydrogens (tertiary/aromatic N) is 3. The van der Waals surface area contributed by atoms with Gasteiger partial charge in [0.1, 0.15) is 0 Å². The van der Waals surface area contributed by atoms with Gasteiger partial charge in [0.2, 0.25) is 5.82 Å². The molecule has 0 amide bonds. The quantitative estimate of drug-likeness (QED) is 0.744. The summed E-state index contributed by atoms with van der Waals surface area (Å²) in [4.78, 5) is 15.0. The fraction of sp³-hybridized carbons (Fsp3) is 0.133. The molecule has 0 aliphatic rings. The van der Waals surface area contributed by atoms with Gasteiger partial charge in [-0.1, -0.05) is 35.5 Å².